The van der Waals surface area contributed by atoms with E-state index < -0.39 is 0 Å². The number of hydrogen-bond acceptors (Lipinski definition) is 8. The second-order valence-corrected chi connectivity index (χ2v) is 5.52. The molecule has 1 amide bonds. The molecule has 0 aliphatic heterocycles. The quantitative estimate of drug-likeness (QED) is 0.582. The van der Waals surface area contributed by atoms with Crippen LogP contribution < -0.4 is 20.1 Å². The first kappa shape index (κ1) is 18.2. The zero-order valence-electron chi connectivity index (χ0n) is 14.9. The lowest BCUT2D eigenvalue weighted by Crippen LogP contribution is -2.28. The van der Waals surface area contributed by atoms with E-state index in [1.807, 2.05) is 0 Å². The number of aromatic nitrogens is 3. The molecule has 0 fully saturated rings. The summed E-state index contributed by atoms with van der Waals surface area (Å²) in [5, 5.41) is 9.51. The number of nitrogens with zero attached hydrogens (tertiary/aromatic N) is 3. The van der Waals surface area contributed by atoms with Crippen molar-refractivity contribution in [3.8, 4) is 11.5 Å². The van der Waals surface area contributed by atoms with Crippen molar-refractivity contribution in [2.75, 3.05) is 25.6 Å². The third kappa shape index (κ3) is 5.18. The van der Waals surface area contributed by atoms with Crippen LogP contribution in [0.4, 0.5) is 11.6 Å². The molecule has 3 rings (SSSR count). The van der Waals surface area contributed by atoms with Crippen LogP contribution >= 0.6 is 0 Å². The highest BCUT2D eigenvalue weighted by molar-refractivity contribution is 5.92. The van der Waals surface area contributed by atoms with E-state index in [4.69, 9.17) is 14.0 Å². The van der Waals surface area contributed by atoms with E-state index in [1.54, 1.807) is 44.4 Å². The minimum absolute atomic E-state index is 0.233. The van der Waals surface area contributed by atoms with Gasteiger partial charge in [0.25, 0.3) is 5.91 Å². The monoisotopic (exact) mass is 369 g/mol. The van der Waals surface area contributed by atoms with Crippen LogP contribution in [0.3, 0.4) is 0 Å². The lowest BCUT2D eigenvalue weighted by atomic mass is 10.3. The summed E-state index contributed by atoms with van der Waals surface area (Å²) in [4.78, 5) is 20.3. The molecule has 0 bridgehead atoms. The highest BCUT2D eigenvalue weighted by Crippen LogP contribution is 2.17. The van der Waals surface area contributed by atoms with Gasteiger partial charge in [0.2, 0.25) is 0 Å². The molecule has 1 aromatic carbocycles. The Morgan fingerprint density at radius 1 is 1.11 bits per heavy atom. The molecule has 0 aliphatic carbocycles. The fourth-order valence-electron chi connectivity index (χ4n) is 2.20. The topological polar surface area (TPSA) is 111 Å². The third-order valence-corrected chi connectivity index (χ3v) is 3.50. The van der Waals surface area contributed by atoms with Gasteiger partial charge in [-0.15, -0.1) is 0 Å². The fraction of sp³-hybridized carbons (Fsp3) is 0.222. The number of carbonyl (C=O) groups excluding carboxylic acids is 1. The molecule has 140 valence electrons. The first-order valence-electron chi connectivity index (χ1n) is 8.21. The van der Waals surface area contributed by atoms with Crippen molar-refractivity contribution in [1.29, 1.82) is 0 Å². The van der Waals surface area contributed by atoms with Gasteiger partial charge < -0.3 is 24.6 Å². The normalized spacial score (nSPS) is 10.3. The van der Waals surface area contributed by atoms with Gasteiger partial charge in [0, 0.05) is 12.1 Å². The Kier molecular flexibility index (Phi) is 5.83. The molecular formula is C18H19N5O4. The number of methoxy groups -OCH3 is 1. The van der Waals surface area contributed by atoms with Crippen LogP contribution in [-0.4, -0.2) is 41.3 Å². The van der Waals surface area contributed by atoms with Crippen molar-refractivity contribution in [2.45, 2.75) is 6.92 Å². The average molecular weight is 369 g/mol. The van der Waals surface area contributed by atoms with Crippen LogP contribution in [-0.2, 0) is 0 Å². The highest BCUT2D eigenvalue weighted by atomic mass is 16.5. The molecule has 9 nitrogen and oxygen atoms in total. The molecule has 0 spiro atoms. The van der Waals surface area contributed by atoms with E-state index in [-0.39, 0.29) is 11.6 Å². The Balaban J connectivity index is 1.48. The number of ether oxygens (including phenoxy) is 2. The maximum Gasteiger partial charge on any atom is 0.270 e. The molecule has 0 unspecified atom stereocenters. The standard InChI is InChI=1S/C18H19N5O4/c1-12-9-17(23-27-12)22-16-10-15(20-11-21-16)18(24)19-7-8-26-14-5-3-13(25-2)4-6-14/h3-6,9-11H,7-8H2,1-2H3,(H,19,24)(H,20,21,22,23). The van der Waals surface area contributed by atoms with Gasteiger partial charge in [0.05, 0.1) is 13.7 Å². The van der Waals surface area contributed by atoms with E-state index in [1.165, 1.54) is 12.4 Å². The number of amides is 1. The average Bonchev–Trinajstić information content (AvgIpc) is 3.10. The molecule has 0 radical (unpaired) electrons. The Labute approximate surface area is 155 Å². The van der Waals surface area contributed by atoms with Crippen LogP contribution in [0.5, 0.6) is 11.5 Å². The number of carbonyl (C=O) groups is 1. The second kappa shape index (κ2) is 8.65. The molecule has 9 heteroatoms. The van der Waals surface area contributed by atoms with Crippen molar-refractivity contribution >= 4 is 17.5 Å². The summed E-state index contributed by atoms with van der Waals surface area (Å²) < 4.78 is 15.6. The fourth-order valence-corrected chi connectivity index (χ4v) is 2.20. The molecular weight excluding hydrogens is 350 g/mol. The second-order valence-electron chi connectivity index (χ2n) is 5.52. The van der Waals surface area contributed by atoms with Crippen LogP contribution in [0.2, 0.25) is 0 Å². The van der Waals surface area contributed by atoms with E-state index >= 15 is 0 Å². The molecule has 0 saturated carbocycles. The summed E-state index contributed by atoms with van der Waals surface area (Å²) in [5.74, 6) is 2.74. The predicted octanol–water partition coefficient (Wildman–Crippen LogP) is 2.33. The lowest BCUT2D eigenvalue weighted by Gasteiger charge is -2.08. The van der Waals surface area contributed by atoms with Gasteiger partial charge in [-0.2, -0.15) is 0 Å². The van der Waals surface area contributed by atoms with Crippen molar-refractivity contribution in [2.24, 2.45) is 0 Å². The van der Waals surface area contributed by atoms with Crippen molar-refractivity contribution in [1.82, 2.24) is 20.4 Å². The maximum atomic E-state index is 12.2. The van der Waals surface area contributed by atoms with Gasteiger partial charge in [-0.05, 0) is 31.2 Å². The van der Waals surface area contributed by atoms with Crippen LogP contribution in [0.1, 0.15) is 16.2 Å². The third-order valence-electron chi connectivity index (χ3n) is 3.50. The molecule has 0 saturated heterocycles. The van der Waals surface area contributed by atoms with Gasteiger partial charge in [-0.1, -0.05) is 5.16 Å². The maximum absolute atomic E-state index is 12.2. The largest absolute Gasteiger partial charge is 0.497 e. The summed E-state index contributed by atoms with van der Waals surface area (Å²) in [5.41, 5.74) is 0.233. The van der Waals surface area contributed by atoms with Gasteiger partial charge in [0.1, 0.15) is 41.7 Å². The van der Waals surface area contributed by atoms with Crippen molar-refractivity contribution in [3.63, 3.8) is 0 Å². The number of nitrogens with one attached hydrogen (secondary N) is 2. The highest BCUT2D eigenvalue weighted by Gasteiger charge is 2.09. The van der Waals surface area contributed by atoms with Crippen LogP contribution in [0.15, 0.2) is 47.2 Å². The molecule has 2 N–H and O–H groups in total. The van der Waals surface area contributed by atoms with Gasteiger partial charge >= 0.3 is 0 Å². The number of aryl methyl sites for hydroxylation is 1. The number of hydrogen-bond donors (Lipinski definition) is 2. The predicted molar refractivity (Wildman–Crippen MR) is 97.4 cm³/mol. The Hall–Kier alpha value is -3.62. The zero-order chi connectivity index (χ0) is 19.1. The van der Waals surface area contributed by atoms with Crippen molar-refractivity contribution in [3.05, 3.63) is 54.2 Å². The van der Waals surface area contributed by atoms with Gasteiger partial charge in [-0.3, -0.25) is 4.79 Å². The smallest absolute Gasteiger partial charge is 0.270 e. The molecule has 2 aromatic heterocycles. The zero-order valence-corrected chi connectivity index (χ0v) is 14.9. The van der Waals surface area contributed by atoms with Gasteiger partial charge in [0.15, 0.2) is 5.82 Å². The van der Waals surface area contributed by atoms with Crippen LogP contribution in [0, 0.1) is 6.92 Å². The molecule has 3 aromatic rings. The van der Waals surface area contributed by atoms with E-state index in [9.17, 15) is 4.79 Å². The first-order valence-corrected chi connectivity index (χ1v) is 8.21. The van der Waals surface area contributed by atoms with E-state index in [0.29, 0.717) is 36.3 Å². The summed E-state index contributed by atoms with van der Waals surface area (Å²) in [7, 11) is 1.60. The Morgan fingerprint density at radius 2 is 1.89 bits per heavy atom. The minimum atomic E-state index is -0.324. The summed E-state index contributed by atoms with van der Waals surface area (Å²) >= 11 is 0. The number of benzene rings is 1. The van der Waals surface area contributed by atoms with E-state index in [2.05, 4.69) is 25.8 Å². The van der Waals surface area contributed by atoms with Crippen LogP contribution in [0.25, 0.3) is 0 Å². The number of rotatable bonds is 8. The minimum Gasteiger partial charge on any atom is -0.497 e. The summed E-state index contributed by atoms with van der Waals surface area (Å²) in [6, 6.07) is 10.5. The lowest BCUT2D eigenvalue weighted by molar-refractivity contribution is 0.0942. The van der Waals surface area contributed by atoms with Crippen molar-refractivity contribution < 1.29 is 18.8 Å². The Bertz CT molecular complexity index is 895. The first-order chi connectivity index (χ1) is 13.1. The summed E-state index contributed by atoms with van der Waals surface area (Å²) in [6.45, 7) is 2.44. The molecule has 0 atom stereocenters. The summed E-state index contributed by atoms with van der Waals surface area (Å²) in [6.07, 6.45) is 1.30. The molecule has 2 heterocycles. The molecule has 0 aliphatic rings. The molecule has 27 heavy (non-hydrogen) atoms. The SMILES string of the molecule is COc1ccc(OCCNC(=O)c2cc(Nc3cc(C)on3)ncn2)cc1. The van der Waals surface area contributed by atoms with Gasteiger partial charge in [-0.25, -0.2) is 9.97 Å². The number of anilines is 2. The Morgan fingerprint density at radius 3 is 2.59 bits per heavy atom. The van der Waals surface area contributed by atoms with E-state index in [0.717, 1.165) is 5.75 Å².